The summed E-state index contributed by atoms with van der Waals surface area (Å²) in [6.45, 7) is 3.39. The van der Waals surface area contributed by atoms with E-state index in [0.29, 0.717) is 6.54 Å². The molecule has 7 heteroatoms. The smallest absolute Gasteiger partial charge is 0.238 e. The number of primary sulfonamides is 1. The lowest BCUT2D eigenvalue weighted by Crippen LogP contribution is -2.13. The number of nitrogens with two attached hydrogens (primary N) is 1. The van der Waals surface area contributed by atoms with Gasteiger partial charge in [-0.25, -0.2) is 18.5 Å². The Bertz CT molecular complexity index is 648. The molecule has 0 saturated heterocycles. The molecule has 3 N–H and O–H groups in total. The quantitative estimate of drug-likeness (QED) is 0.873. The van der Waals surface area contributed by atoms with Crippen molar-refractivity contribution in [3.8, 4) is 0 Å². The van der Waals surface area contributed by atoms with Crippen LogP contribution in [-0.4, -0.2) is 13.4 Å². The second-order valence-corrected chi connectivity index (χ2v) is 7.02. The fraction of sp³-hybridized carbons (Fsp3) is 0.250. The fourth-order valence-corrected chi connectivity index (χ4v) is 2.89. The second kappa shape index (κ2) is 5.79. The highest BCUT2D eigenvalue weighted by atomic mass is 32.2. The van der Waals surface area contributed by atoms with Gasteiger partial charge in [0.05, 0.1) is 9.90 Å². The summed E-state index contributed by atoms with van der Waals surface area (Å²) in [5.41, 5.74) is 1.01. The third-order valence-electron chi connectivity index (χ3n) is 2.55. The molecule has 0 amide bonds. The molecule has 0 spiro atoms. The molecule has 1 heterocycles. The van der Waals surface area contributed by atoms with Gasteiger partial charge in [0.25, 0.3) is 0 Å². The van der Waals surface area contributed by atoms with E-state index < -0.39 is 10.0 Å². The molecule has 19 heavy (non-hydrogen) atoms. The standard InChI is InChI=1S/C12H15N3O2S2/c1-9-15-8-11(18-9)7-14-6-10-2-4-12(5-3-10)19(13,16)17/h2-5,8,14H,6-7H2,1H3,(H2,13,16,17). The fourth-order valence-electron chi connectivity index (χ4n) is 1.61. The predicted molar refractivity (Wildman–Crippen MR) is 75.2 cm³/mol. The molecule has 5 nitrogen and oxygen atoms in total. The van der Waals surface area contributed by atoms with E-state index in [0.717, 1.165) is 17.1 Å². The largest absolute Gasteiger partial charge is 0.308 e. The van der Waals surface area contributed by atoms with Crippen LogP contribution < -0.4 is 10.5 Å². The Morgan fingerprint density at radius 3 is 2.47 bits per heavy atom. The van der Waals surface area contributed by atoms with Crippen molar-refractivity contribution in [1.82, 2.24) is 10.3 Å². The Morgan fingerprint density at radius 1 is 1.26 bits per heavy atom. The number of nitrogens with one attached hydrogen (secondary N) is 1. The van der Waals surface area contributed by atoms with Crippen molar-refractivity contribution >= 4 is 21.4 Å². The maximum atomic E-state index is 11.1. The van der Waals surface area contributed by atoms with Crippen LogP contribution in [0.25, 0.3) is 0 Å². The second-order valence-electron chi connectivity index (χ2n) is 4.14. The molecular weight excluding hydrogens is 282 g/mol. The molecule has 0 radical (unpaired) electrons. The minimum atomic E-state index is -3.61. The number of benzene rings is 1. The number of nitrogens with zero attached hydrogens (tertiary/aromatic N) is 1. The van der Waals surface area contributed by atoms with Crippen LogP contribution in [0, 0.1) is 6.92 Å². The highest BCUT2D eigenvalue weighted by Crippen LogP contribution is 2.12. The van der Waals surface area contributed by atoms with E-state index in [2.05, 4.69) is 10.3 Å². The van der Waals surface area contributed by atoms with Crippen LogP contribution in [-0.2, 0) is 23.1 Å². The van der Waals surface area contributed by atoms with Crippen molar-refractivity contribution in [2.45, 2.75) is 24.9 Å². The Labute approximate surface area is 116 Å². The van der Waals surface area contributed by atoms with E-state index in [9.17, 15) is 8.42 Å². The van der Waals surface area contributed by atoms with Gasteiger partial charge in [0.1, 0.15) is 0 Å². The van der Waals surface area contributed by atoms with Crippen molar-refractivity contribution in [3.05, 3.63) is 45.9 Å². The van der Waals surface area contributed by atoms with Gasteiger partial charge in [-0.2, -0.15) is 0 Å². The zero-order valence-corrected chi connectivity index (χ0v) is 12.1. The molecule has 0 fully saturated rings. The predicted octanol–water partition coefficient (Wildman–Crippen LogP) is 1.39. The van der Waals surface area contributed by atoms with Crippen molar-refractivity contribution < 1.29 is 8.42 Å². The number of hydrogen-bond donors (Lipinski definition) is 2. The summed E-state index contributed by atoms with van der Waals surface area (Å²) >= 11 is 1.66. The van der Waals surface area contributed by atoms with Crippen LogP contribution in [0.1, 0.15) is 15.4 Å². The zero-order valence-electron chi connectivity index (χ0n) is 10.5. The van der Waals surface area contributed by atoms with Gasteiger partial charge in [-0.3, -0.25) is 0 Å². The van der Waals surface area contributed by atoms with E-state index in [4.69, 9.17) is 5.14 Å². The normalized spacial score (nSPS) is 11.7. The zero-order chi connectivity index (χ0) is 13.9. The van der Waals surface area contributed by atoms with E-state index in [-0.39, 0.29) is 4.90 Å². The first-order valence-electron chi connectivity index (χ1n) is 5.69. The molecule has 2 rings (SSSR count). The summed E-state index contributed by atoms with van der Waals surface area (Å²) in [5.74, 6) is 0. The van der Waals surface area contributed by atoms with Crippen LogP contribution >= 0.6 is 11.3 Å². The summed E-state index contributed by atoms with van der Waals surface area (Å²) in [6, 6.07) is 6.54. The van der Waals surface area contributed by atoms with Gasteiger partial charge in [-0.15, -0.1) is 11.3 Å². The summed E-state index contributed by atoms with van der Waals surface area (Å²) in [4.78, 5) is 5.49. The van der Waals surface area contributed by atoms with Crippen LogP contribution in [0.2, 0.25) is 0 Å². The molecule has 1 aromatic heterocycles. The first-order valence-corrected chi connectivity index (χ1v) is 8.05. The molecule has 1 aromatic carbocycles. The van der Waals surface area contributed by atoms with Crippen LogP contribution in [0.4, 0.5) is 0 Å². The van der Waals surface area contributed by atoms with Crippen LogP contribution in [0.15, 0.2) is 35.4 Å². The molecule has 0 atom stereocenters. The highest BCUT2D eigenvalue weighted by molar-refractivity contribution is 7.89. The SMILES string of the molecule is Cc1ncc(CNCc2ccc(S(N)(=O)=O)cc2)s1. The van der Waals surface area contributed by atoms with Gasteiger partial charge in [0.2, 0.25) is 10.0 Å². The minimum absolute atomic E-state index is 0.134. The van der Waals surface area contributed by atoms with Crippen LogP contribution in [0.3, 0.4) is 0 Å². The third-order valence-corrected chi connectivity index (χ3v) is 4.39. The number of hydrogen-bond acceptors (Lipinski definition) is 5. The van der Waals surface area contributed by atoms with Crippen molar-refractivity contribution in [2.75, 3.05) is 0 Å². The maximum absolute atomic E-state index is 11.1. The molecule has 0 bridgehead atoms. The maximum Gasteiger partial charge on any atom is 0.238 e. The monoisotopic (exact) mass is 297 g/mol. The Morgan fingerprint density at radius 2 is 1.95 bits per heavy atom. The van der Waals surface area contributed by atoms with E-state index >= 15 is 0 Å². The van der Waals surface area contributed by atoms with Gasteiger partial charge in [0, 0.05) is 24.2 Å². The molecule has 0 aliphatic rings. The average Bonchev–Trinajstić information content (AvgIpc) is 2.75. The number of thiazole rings is 1. The third kappa shape index (κ3) is 4.10. The lowest BCUT2D eigenvalue weighted by molar-refractivity contribution is 0.597. The lowest BCUT2D eigenvalue weighted by atomic mass is 10.2. The molecule has 0 unspecified atom stereocenters. The van der Waals surface area contributed by atoms with Gasteiger partial charge >= 0.3 is 0 Å². The average molecular weight is 297 g/mol. The first kappa shape index (κ1) is 14.1. The van der Waals surface area contributed by atoms with Crippen LogP contribution in [0.5, 0.6) is 0 Å². The van der Waals surface area contributed by atoms with Gasteiger partial charge in [-0.05, 0) is 24.6 Å². The van der Waals surface area contributed by atoms with Gasteiger partial charge in [0.15, 0.2) is 0 Å². The number of aromatic nitrogens is 1. The molecule has 102 valence electrons. The minimum Gasteiger partial charge on any atom is -0.308 e. The highest BCUT2D eigenvalue weighted by Gasteiger charge is 2.06. The number of sulfonamides is 1. The Balaban J connectivity index is 1.90. The molecule has 2 aromatic rings. The summed E-state index contributed by atoms with van der Waals surface area (Å²) < 4.78 is 22.2. The van der Waals surface area contributed by atoms with Crippen molar-refractivity contribution in [1.29, 1.82) is 0 Å². The molecule has 0 saturated carbocycles. The lowest BCUT2D eigenvalue weighted by Gasteiger charge is -2.04. The summed E-state index contributed by atoms with van der Waals surface area (Å²) in [5, 5.41) is 9.37. The number of aryl methyl sites for hydroxylation is 1. The van der Waals surface area contributed by atoms with E-state index in [1.165, 1.54) is 17.0 Å². The first-order chi connectivity index (χ1) is 8.95. The topological polar surface area (TPSA) is 85.1 Å². The van der Waals surface area contributed by atoms with Crippen molar-refractivity contribution in [2.24, 2.45) is 5.14 Å². The van der Waals surface area contributed by atoms with Gasteiger partial charge in [-0.1, -0.05) is 12.1 Å². The van der Waals surface area contributed by atoms with E-state index in [1.54, 1.807) is 23.5 Å². The summed E-state index contributed by atoms with van der Waals surface area (Å²) in [6.07, 6.45) is 1.86. The number of rotatable bonds is 5. The van der Waals surface area contributed by atoms with Gasteiger partial charge < -0.3 is 5.32 Å². The van der Waals surface area contributed by atoms with E-state index in [1.807, 2.05) is 13.1 Å². The summed E-state index contributed by atoms with van der Waals surface area (Å²) in [7, 11) is -3.61. The Hall–Kier alpha value is -1.28. The van der Waals surface area contributed by atoms with Crippen molar-refractivity contribution in [3.63, 3.8) is 0 Å². The molecular formula is C12H15N3O2S2. The molecule has 0 aliphatic heterocycles. The Kier molecular flexibility index (Phi) is 4.31. The molecule has 0 aliphatic carbocycles.